The molecule has 0 aromatic carbocycles. The van der Waals surface area contributed by atoms with Crippen molar-refractivity contribution in [2.45, 2.75) is 13.5 Å². The Morgan fingerprint density at radius 3 is 3.24 bits per heavy atom. The monoisotopic (exact) mass is 249 g/mol. The number of nitrogens with one attached hydrogen (secondary N) is 1. The van der Waals surface area contributed by atoms with Crippen molar-refractivity contribution in [1.82, 2.24) is 14.7 Å². The summed E-state index contributed by atoms with van der Waals surface area (Å²) >= 11 is 1.60. The third-order valence-electron chi connectivity index (χ3n) is 2.13. The van der Waals surface area contributed by atoms with E-state index >= 15 is 0 Å². The maximum absolute atomic E-state index is 5.71. The van der Waals surface area contributed by atoms with Crippen LogP contribution in [0.25, 0.3) is 4.96 Å². The summed E-state index contributed by atoms with van der Waals surface area (Å²) in [5.41, 5.74) is 7.64. The number of aliphatic imine (C=N–C) groups is 1. The molecule has 0 atom stereocenters. The highest BCUT2D eigenvalue weighted by atomic mass is 32.1. The van der Waals surface area contributed by atoms with Crippen LogP contribution in [0, 0.1) is 0 Å². The van der Waals surface area contributed by atoms with Crippen molar-refractivity contribution in [1.29, 1.82) is 0 Å². The van der Waals surface area contributed by atoms with Crippen molar-refractivity contribution >= 4 is 22.3 Å². The predicted octanol–water partition coefficient (Wildman–Crippen LogP) is 1.38. The minimum atomic E-state index is 0.421. The smallest absolute Gasteiger partial charge is 0.193 e. The Morgan fingerprint density at radius 1 is 1.71 bits per heavy atom. The second-order valence-corrected chi connectivity index (χ2v) is 4.71. The number of nitrogens with two attached hydrogens (primary N) is 1. The molecule has 2 rings (SSSR count). The van der Waals surface area contributed by atoms with Crippen LogP contribution in [0.1, 0.15) is 12.6 Å². The molecule has 0 unspecified atom stereocenters. The van der Waals surface area contributed by atoms with E-state index in [1.165, 1.54) is 0 Å². The number of rotatable bonds is 4. The van der Waals surface area contributed by atoms with Gasteiger partial charge in [-0.05, 0) is 6.92 Å². The highest BCUT2D eigenvalue weighted by Crippen LogP contribution is 2.11. The van der Waals surface area contributed by atoms with Crippen LogP contribution >= 0.6 is 11.3 Å². The van der Waals surface area contributed by atoms with Crippen LogP contribution in [0.2, 0.25) is 0 Å². The van der Waals surface area contributed by atoms with E-state index in [0.717, 1.165) is 16.2 Å². The molecule has 0 aliphatic rings. The summed E-state index contributed by atoms with van der Waals surface area (Å²) in [5.74, 6) is 0.421. The van der Waals surface area contributed by atoms with E-state index in [0.29, 0.717) is 19.0 Å². The summed E-state index contributed by atoms with van der Waals surface area (Å²) in [5, 5.41) is 4.97. The number of thiazole rings is 1. The van der Waals surface area contributed by atoms with Crippen molar-refractivity contribution < 1.29 is 0 Å². The normalized spacial score (nSPS) is 11.9. The zero-order chi connectivity index (χ0) is 12.3. The van der Waals surface area contributed by atoms with Gasteiger partial charge in [-0.25, -0.2) is 9.98 Å². The topological polar surface area (TPSA) is 67.7 Å². The van der Waals surface area contributed by atoms with Gasteiger partial charge in [0.1, 0.15) is 0 Å². The Morgan fingerprint density at radius 2 is 2.53 bits per heavy atom. The van der Waals surface area contributed by atoms with E-state index in [-0.39, 0.29) is 0 Å². The van der Waals surface area contributed by atoms with E-state index in [1.54, 1.807) is 11.3 Å². The highest BCUT2D eigenvalue weighted by molar-refractivity contribution is 7.15. The number of fused-ring (bicyclic) bond motifs is 1. The van der Waals surface area contributed by atoms with E-state index in [1.807, 2.05) is 29.1 Å². The maximum atomic E-state index is 5.71. The lowest BCUT2D eigenvalue weighted by molar-refractivity contribution is 0.928. The average Bonchev–Trinajstić information content (AvgIpc) is 2.83. The van der Waals surface area contributed by atoms with E-state index < -0.39 is 0 Å². The molecule has 0 aliphatic heterocycles. The molecule has 2 heterocycles. The molecule has 5 nitrogen and oxygen atoms in total. The maximum Gasteiger partial charge on any atom is 0.193 e. The first-order chi connectivity index (χ1) is 8.15. The van der Waals surface area contributed by atoms with E-state index in [9.17, 15) is 0 Å². The van der Waals surface area contributed by atoms with Gasteiger partial charge in [-0.2, -0.15) is 0 Å². The number of hydrogen-bond acceptors (Lipinski definition) is 3. The van der Waals surface area contributed by atoms with Crippen molar-refractivity contribution in [3.63, 3.8) is 0 Å². The summed E-state index contributed by atoms with van der Waals surface area (Å²) in [7, 11) is 0. The molecule has 2 aromatic heterocycles. The Labute approximate surface area is 104 Å². The fourth-order valence-electron chi connectivity index (χ4n) is 1.32. The molecule has 17 heavy (non-hydrogen) atoms. The molecule has 0 saturated heterocycles. The van der Waals surface area contributed by atoms with Crippen molar-refractivity contribution in [2.24, 2.45) is 10.7 Å². The molecule has 0 bridgehead atoms. The van der Waals surface area contributed by atoms with E-state index in [4.69, 9.17) is 5.73 Å². The summed E-state index contributed by atoms with van der Waals surface area (Å²) in [6, 6.07) is 0. The van der Waals surface area contributed by atoms with Gasteiger partial charge in [-0.15, -0.1) is 11.3 Å². The second-order valence-electron chi connectivity index (χ2n) is 3.84. The first kappa shape index (κ1) is 11.7. The molecule has 0 fully saturated rings. The lowest BCUT2D eigenvalue weighted by Crippen LogP contribution is -2.32. The third-order valence-corrected chi connectivity index (χ3v) is 2.90. The molecule has 0 saturated carbocycles. The Kier molecular flexibility index (Phi) is 3.43. The Balaban J connectivity index is 1.94. The van der Waals surface area contributed by atoms with Crippen LogP contribution in [0.3, 0.4) is 0 Å². The van der Waals surface area contributed by atoms with Crippen LogP contribution in [0.4, 0.5) is 0 Å². The third kappa shape index (κ3) is 3.07. The summed E-state index contributed by atoms with van der Waals surface area (Å²) in [4.78, 5) is 9.60. The highest BCUT2D eigenvalue weighted by Gasteiger charge is 2.01. The fraction of sp³-hybridized carbons (Fsp3) is 0.273. The molecule has 90 valence electrons. The lowest BCUT2D eigenvalue weighted by Gasteiger charge is -2.03. The predicted molar refractivity (Wildman–Crippen MR) is 71.2 cm³/mol. The number of hydrogen-bond donors (Lipinski definition) is 2. The molecule has 3 N–H and O–H groups in total. The average molecular weight is 249 g/mol. The van der Waals surface area contributed by atoms with Crippen LogP contribution < -0.4 is 11.1 Å². The van der Waals surface area contributed by atoms with Gasteiger partial charge in [0.2, 0.25) is 0 Å². The molecule has 6 heteroatoms. The van der Waals surface area contributed by atoms with Crippen molar-refractivity contribution in [2.75, 3.05) is 6.54 Å². The van der Waals surface area contributed by atoms with Gasteiger partial charge in [0.25, 0.3) is 0 Å². The number of guanidine groups is 1. The number of imidazole rings is 1. The van der Waals surface area contributed by atoms with Gasteiger partial charge in [0.15, 0.2) is 10.9 Å². The van der Waals surface area contributed by atoms with Gasteiger partial charge in [0, 0.05) is 24.3 Å². The second kappa shape index (κ2) is 5.01. The minimum absolute atomic E-state index is 0.421. The summed E-state index contributed by atoms with van der Waals surface area (Å²) < 4.78 is 1.98. The fourth-order valence-corrected chi connectivity index (χ4v) is 2.03. The van der Waals surface area contributed by atoms with Crippen LogP contribution in [0.15, 0.2) is 34.9 Å². The van der Waals surface area contributed by atoms with Crippen LogP contribution in [-0.4, -0.2) is 21.9 Å². The number of nitrogens with zero attached hydrogens (tertiary/aromatic N) is 3. The SMILES string of the molecule is C=C(C)CNC(N)=NCc1cn2ccsc2n1. The molecule has 2 aromatic rings. The first-order valence-corrected chi connectivity index (χ1v) is 6.12. The van der Waals surface area contributed by atoms with Gasteiger partial charge in [-0.3, -0.25) is 4.40 Å². The van der Waals surface area contributed by atoms with Crippen molar-refractivity contribution in [3.05, 3.63) is 35.6 Å². The molecule has 0 amide bonds. The molecule has 0 radical (unpaired) electrons. The van der Waals surface area contributed by atoms with Crippen LogP contribution in [-0.2, 0) is 6.54 Å². The van der Waals surface area contributed by atoms with Crippen molar-refractivity contribution in [3.8, 4) is 0 Å². The quantitative estimate of drug-likeness (QED) is 0.488. The molecule has 0 aliphatic carbocycles. The summed E-state index contributed by atoms with van der Waals surface area (Å²) in [6.45, 7) is 6.85. The zero-order valence-electron chi connectivity index (χ0n) is 9.68. The van der Waals surface area contributed by atoms with Gasteiger partial charge >= 0.3 is 0 Å². The molecular weight excluding hydrogens is 234 g/mol. The van der Waals surface area contributed by atoms with Crippen LogP contribution in [0.5, 0.6) is 0 Å². The molecule has 0 spiro atoms. The minimum Gasteiger partial charge on any atom is -0.370 e. The van der Waals surface area contributed by atoms with Gasteiger partial charge in [0.05, 0.1) is 12.2 Å². The van der Waals surface area contributed by atoms with E-state index in [2.05, 4.69) is 21.9 Å². The van der Waals surface area contributed by atoms with Gasteiger partial charge in [-0.1, -0.05) is 12.2 Å². The molecular formula is C11H15N5S. The Bertz CT molecular complexity index is 522. The first-order valence-electron chi connectivity index (χ1n) is 5.24. The number of aromatic nitrogens is 2. The summed E-state index contributed by atoms with van der Waals surface area (Å²) in [6.07, 6.45) is 3.93. The Hall–Kier alpha value is -1.82. The zero-order valence-corrected chi connectivity index (χ0v) is 10.5. The largest absolute Gasteiger partial charge is 0.370 e. The lowest BCUT2D eigenvalue weighted by atomic mass is 10.3. The van der Waals surface area contributed by atoms with Gasteiger partial charge < -0.3 is 11.1 Å². The standard InChI is InChI=1S/C11H15N5S/c1-8(2)5-13-10(12)14-6-9-7-16-3-4-17-11(16)15-9/h3-4,7H,1,5-6H2,2H3,(H3,12,13,14).